The first kappa shape index (κ1) is 15.4. The summed E-state index contributed by atoms with van der Waals surface area (Å²) in [5.41, 5.74) is 2.24. The molecule has 0 aliphatic heterocycles. The first-order valence-corrected chi connectivity index (χ1v) is 7.24. The first-order chi connectivity index (χ1) is 9.95. The molecule has 0 aromatic heterocycles. The third-order valence-electron chi connectivity index (χ3n) is 3.78. The van der Waals surface area contributed by atoms with Crippen LogP contribution in [0.15, 0.2) is 24.3 Å². The molecule has 2 amide bonds. The molecular formula is C16H22N2O3. The molecule has 114 valence electrons. The van der Waals surface area contributed by atoms with Crippen molar-refractivity contribution in [1.82, 2.24) is 10.2 Å². The van der Waals surface area contributed by atoms with E-state index in [-0.39, 0.29) is 18.5 Å². The summed E-state index contributed by atoms with van der Waals surface area (Å²) in [5.74, 6) is -0.550. The number of carboxylic acid groups (broad SMARTS) is 1. The largest absolute Gasteiger partial charge is 0.481 e. The summed E-state index contributed by atoms with van der Waals surface area (Å²) in [5, 5.41) is 11.8. The highest BCUT2D eigenvalue weighted by Gasteiger charge is 2.34. The second kappa shape index (κ2) is 6.61. The van der Waals surface area contributed by atoms with Gasteiger partial charge in [-0.25, -0.2) is 4.79 Å². The lowest BCUT2D eigenvalue weighted by Crippen LogP contribution is -2.44. The number of carboxylic acids is 1. The van der Waals surface area contributed by atoms with Gasteiger partial charge in [-0.05, 0) is 31.2 Å². The van der Waals surface area contributed by atoms with E-state index in [2.05, 4.69) is 5.32 Å². The highest BCUT2D eigenvalue weighted by atomic mass is 16.4. The Bertz CT molecular complexity index is 509. The quantitative estimate of drug-likeness (QED) is 0.845. The Morgan fingerprint density at radius 3 is 2.48 bits per heavy atom. The van der Waals surface area contributed by atoms with Gasteiger partial charge >= 0.3 is 12.0 Å². The number of rotatable bonds is 6. The van der Waals surface area contributed by atoms with Gasteiger partial charge in [0, 0.05) is 19.6 Å². The average molecular weight is 290 g/mol. The van der Waals surface area contributed by atoms with Crippen LogP contribution in [0, 0.1) is 12.8 Å². The Hall–Kier alpha value is -2.04. The molecule has 0 spiro atoms. The number of hydrogen-bond acceptors (Lipinski definition) is 2. The maximum atomic E-state index is 12.2. The van der Waals surface area contributed by atoms with Crippen molar-refractivity contribution in [2.45, 2.75) is 38.8 Å². The van der Waals surface area contributed by atoms with E-state index in [1.165, 1.54) is 5.56 Å². The van der Waals surface area contributed by atoms with Gasteiger partial charge < -0.3 is 15.3 Å². The third kappa shape index (κ3) is 4.77. The molecule has 2 N–H and O–H groups in total. The van der Waals surface area contributed by atoms with E-state index < -0.39 is 5.97 Å². The van der Waals surface area contributed by atoms with Crippen LogP contribution in [-0.4, -0.2) is 35.1 Å². The molecule has 1 saturated carbocycles. The fourth-order valence-electron chi connectivity index (χ4n) is 2.33. The second-order valence-corrected chi connectivity index (χ2v) is 5.83. The average Bonchev–Trinajstić information content (AvgIpc) is 3.24. The zero-order valence-electron chi connectivity index (χ0n) is 12.5. The van der Waals surface area contributed by atoms with Crippen LogP contribution >= 0.6 is 0 Å². The molecule has 1 aromatic carbocycles. The topological polar surface area (TPSA) is 69.6 Å². The van der Waals surface area contributed by atoms with Crippen molar-refractivity contribution in [3.8, 4) is 0 Å². The fourth-order valence-corrected chi connectivity index (χ4v) is 2.33. The molecule has 1 aliphatic rings. The Labute approximate surface area is 125 Å². The van der Waals surface area contributed by atoms with Crippen molar-refractivity contribution in [1.29, 1.82) is 0 Å². The van der Waals surface area contributed by atoms with Crippen molar-refractivity contribution in [3.05, 3.63) is 35.4 Å². The molecule has 5 nitrogen and oxygen atoms in total. The number of nitrogens with one attached hydrogen (secondary N) is 1. The molecule has 21 heavy (non-hydrogen) atoms. The van der Waals surface area contributed by atoms with Gasteiger partial charge in [0.1, 0.15) is 0 Å². The molecule has 5 heteroatoms. The lowest BCUT2D eigenvalue weighted by Gasteiger charge is -2.22. The lowest BCUT2D eigenvalue weighted by molar-refractivity contribution is -0.137. The minimum absolute atomic E-state index is 0.00518. The van der Waals surface area contributed by atoms with E-state index >= 15 is 0 Å². The van der Waals surface area contributed by atoms with Gasteiger partial charge in [0.05, 0.1) is 6.42 Å². The lowest BCUT2D eigenvalue weighted by atomic mass is 10.1. The molecule has 2 rings (SSSR count). The van der Waals surface area contributed by atoms with Crippen LogP contribution in [0.3, 0.4) is 0 Å². The number of aliphatic carboxylic acids is 1. The zero-order chi connectivity index (χ0) is 15.4. The van der Waals surface area contributed by atoms with Gasteiger partial charge in [-0.1, -0.05) is 29.8 Å². The van der Waals surface area contributed by atoms with Gasteiger partial charge in [-0.3, -0.25) is 4.79 Å². The molecular weight excluding hydrogens is 268 g/mol. The predicted molar refractivity (Wildman–Crippen MR) is 79.9 cm³/mol. The Morgan fingerprint density at radius 1 is 1.33 bits per heavy atom. The Morgan fingerprint density at radius 2 is 1.95 bits per heavy atom. The first-order valence-electron chi connectivity index (χ1n) is 7.24. The summed E-state index contributed by atoms with van der Waals surface area (Å²) in [6, 6.07) is 7.55. The summed E-state index contributed by atoms with van der Waals surface area (Å²) >= 11 is 0. The van der Waals surface area contributed by atoms with Gasteiger partial charge in [0.15, 0.2) is 0 Å². The number of aryl methyl sites for hydroxylation is 1. The molecule has 0 radical (unpaired) electrons. The van der Waals surface area contributed by atoms with E-state index in [1.54, 1.807) is 11.9 Å². The maximum Gasteiger partial charge on any atom is 0.317 e. The summed E-state index contributed by atoms with van der Waals surface area (Å²) in [6.45, 7) is 2.53. The monoisotopic (exact) mass is 290 g/mol. The van der Waals surface area contributed by atoms with Crippen molar-refractivity contribution in [2.75, 3.05) is 7.05 Å². The van der Waals surface area contributed by atoms with Crippen LogP contribution < -0.4 is 5.32 Å². The number of carbonyl (C=O) groups is 2. The van der Waals surface area contributed by atoms with Crippen molar-refractivity contribution >= 4 is 12.0 Å². The molecule has 0 heterocycles. The normalized spacial score (nSPS) is 15.3. The number of nitrogens with zero attached hydrogens (tertiary/aromatic N) is 1. The van der Waals surface area contributed by atoms with Gasteiger partial charge in [0.25, 0.3) is 0 Å². The standard InChI is InChI=1S/C16H22N2O3/c1-11-3-5-12(6-4-11)10-18(2)16(21)17-14(9-15(19)20)13-7-8-13/h3-6,13-14H,7-10H2,1-2H3,(H,17,21)(H,19,20). The van der Waals surface area contributed by atoms with Crippen LogP contribution in [0.25, 0.3) is 0 Å². The molecule has 0 bridgehead atoms. The fraction of sp³-hybridized carbons (Fsp3) is 0.500. The Kier molecular flexibility index (Phi) is 4.83. The third-order valence-corrected chi connectivity index (χ3v) is 3.78. The van der Waals surface area contributed by atoms with Crippen LogP contribution in [-0.2, 0) is 11.3 Å². The van der Waals surface area contributed by atoms with E-state index in [9.17, 15) is 9.59 Å². The summed E-state index contributed by atoms with van der Waals surface area (Å²) in [7, 11) is 1.72. The van der Waals surface area contributed by atoms with Gasteiger partial charge in [-0.2, -0.15) is 0 Å². The molecule has 1 fully saturated rings. The second-order valence-electron chi connectivity index (χ2n) is 5.83. The number of amides is 2. The SMILES string of the molecule is Cc1ccc(CN(C)C(=O)NC(CC(=O)O)C2CC2)cc1. The van der Waals surface area contributed by atoms with Crippen LogP contribution in [0.5, 0.6) is 0 Å². The minimum Gasteiger partial charge on any atom is -0.481 e. The minimum atomic E-state index is -0.867. The molecule has 1 aliphatic carbocycles. The number of carbonyl (C=O) groups excluding carboxylic acids is 1. The highest BCUT2D eigenvalue weighted by Crippen LogP contribution is 2.34. The molecule has 1 atom stereocenters. The molecule has 1 unspecified atom stereocenters. The van der Waals surface area contributed by atoms with Crippen molar-refractivity contribution in [3.63, 3.8) is 0 Å². The number of hydrogen-bond donors (Lipinski definition) is 2. The molecule has 1 aromatic rings. The molecule has 0 saturated heterocycles. The van der Waals surface area contributed by atoms with E-state index in [0.29, 0.717) is 12.5 Å². The summed E-state index contributed by atoms with van der Waals surface area (Å²) in [6.07, 6.45) is 1.99. The van der Waals surface area contributed by atoms with Gasteiger partial charge in [0.2, 0.25) is 0 Å². The maximum absolute atomic E-state index is 12.2. The summed E-state index contributed by atoms with van der Waals surface area (Å²) in [4.78, 5) is 24.6. The van der Waals surface area contributed by atoms with E-state index in [0.717, 1.165) is 18.4 Å². The number of benzene rings is 1. The summed E-state index contributed by atoms with van der Waals surface area (Å²) < 4.78 is 0. The van der Waals surface area contributed by atoms with Crippen molar-refractivity contribution in [2.24, 2.45) is 5.92 Å². The van der Waals surface area contributed by atoms with E-state index in [1.807, 2.05) is 31.2 Å². The predicted octanol–water partition coefficient (Wildman–Crippen LogP) is 2.39. The smallest absolute Gasteiger partial charge is 0.317 e. The Balaban J connectivity index is 1.88. The van der Waals surface area contributed by atoms with Crippen LogP contribution in [0.4, 0.5) is 4.79 Å². The van der Waals surface area contributed by atoms with Crippen LogP contribution in [0.1, 0.15) is 30.4 Å². The van der Waals surface area contributed by atoms with Gasteiger partial charge in [-0.15, -0.1) is 0 Å². The highest BCUT2D eigenvalue weighted by molar-refractivity contribution is 5.75. The zero-order valence-corrected chi connectivity index (χ0v) is 12.5. The van der Waals surface area contributed by atoms with Crippen LogP contribution in [0.2, 0.25) is 0 Å². The number of urea groups is 1. The van der Waals surface area contributed by atoms with E-state index in [4.69, 9.17) is 5.11 Å². The van der Waals surface area contributed by atoms with Crippen molar-refractivity contribution < 1.29 is 14.7 Å².